The van der Waals surface area contributed by atoms with Crippen LogP contribution in [0.4, 0.5) is 11.5 Å². The number of nitrogens with one attached hydrogen (secondary N) is 3. The number of carbonyl (C=O) groups is 3. The zero-order valence-corrected chi connectivity index (χ0v) is 22.1. The number of hydrogen-bond donors (Lipinski definition) is 3. The largest absolute Gasteiger partial charge is 0.349 e. The Morgan fingerprint density at radius 2 is 1.95 bits per heavy atom. The first-order valence-electron chi connectivity index (χ1n) is 12.2. The zero-order valence-electron chi connectivity index (χ0n) is 21.3. The molecule has 1 fully saturated rings. The van der Waals surface area contributed by atoms with Crippen molar-refractivity contribution in [2.24, 2.45) is 5.41 Å². The Morgan fingerprint density at radius 3 is 2.62 bits per heavy atom. The van der Waals surface area contributed by atoms with Gasteiger partial charge in [-0.15, -0.1) is 11.3 Å². The maximum atomic E-state index is 13.2. The van der Waals surface area contributed by atoms with E-state index in [0.29, 0.717) is 39.3 Å². The Bertz CT molecular complexity index is 1470. The Balaban J connectivity index is 1.45. The van der Waals surface area contributed by atoms with Crippen LogP contribution in [0.15, 0.2) is 49.1 Å². The normalized spacial score (nSPS) is 13.5. The zero-order chi connectivity index (χ0) is 26.3. The van der Waals surface area contributed by atoms with Crippen LogP contribution in [-0.4, -0.2) is 45.3 Å². The number of hydrogen-bond acceptors (Lipinski definition) is 5. The highest BCUT2D eigenvalue weighted by Crippen LogP contribution is 2.32. The van der Waals surface area contributed by atoms with Crippen LogP contribution < -0.4 is 15.5 Å². The van der Waals surface area contributed by atoms with Gasteiger partial charge in [-0.1, -0.05) is 20.8 Å². The molecule has 1 aromatic carbocycles. The summed E-state index contributed by atoms with van der Waals surface area (Å²) in [5, 5.41) is 7.46. The van der Waals surface area contributed by atoms with Crippen molar-refractivity contribution in [3.05, 3.63) is 59.5 Å². The van der Waals surface area contributed by atoms with Gasteiger partial charge in [0.1, 0.15) is 10.8 Å². The SMILES string of the molecule is CN(C(=O)CC(C)(C)C)c1ccc2c(C(=O)NC3CC3)c(NC(=O)c3ccc(-n4ccnc4)s3)[nH]c2c1. The second-order valence-corrected chi connectivity index (χ2v) is 11.7. The van der Waals surface area contributed by atoms with Crippen molar-refractivity contribution in [3.8, 4) is 5.00 Å². The van der Waals surface area contributed by atoms with Crippen molar-refractivity contribution < 1.29 is 14.4 Å². The predicted octanol–water partition coefficient (Wildman–Crippen LogP) is 4.96. The third-order valence-corrected chi connectivity index (χ3v) is 7.28. The van der Waals surface area contributed by atoms with Crippen molar-refractivity contribution >= 4 is 51.5 Å². The Labute approximate surface area is 218 Å². The van der Waals surface area contributed by atoms with Gasteiger partial charge in [0.15, 0.2) is 0 Å². The molecule has 0 saturated heterocycles. The molecule has 0 unspecified atom stereocenters. The minimum Gasteiger partial charge on any atom is -0.349 e. The van der Waals surface area contributed by atoms with Gasteiger partial charge in [-0.2, -0.15) is 0 Å². The molecule has 3 amide bonds. The third kappa shape index (κ3) is 5.43. The van der Waals surface area contributed by atoms with Crippen LogP contribution in [0.2, 0.25) is 0 Å². The molecule has 0 bridgehead atoms. The van der Waals surface area contributed by atoms with Crippen LogP contribution in [-0.2, 0) is 4.79 Å². The van der Waals surface area contributed by atoms with Gasteiger partial charge in [-0.3, -0.25) is 19.0 Å². The van der Waals surface area contributed by atoms with Gasteiger partial charge < -0.3 is 20.5 Å². The van der Waals surface area contributed by atoms with Crippen molar-refractivity contribution in [3.63, 3.8) is 0 Å². The van der Waals surface area contributed by atoms with Gasteiger partial charge in [0.25, 0.3) is 11.8 Å². The number of benzene rings is 1. The average molecular weight is 519 g/mol. The molecule has 5 rings (SSSR count). The van der Waals surface area contributed by atoms with Crippen molar-refractivity contribution in [2.45, 2.75) is 46.1 Å². The lowest BCUT2D eigenvalue weighted by atomic mass is 9.91. The molecule has 3 aromatic heterocycles. The molecule has 4 aromatic rings. The molecular formula is C27H30N6O3S. The average Bonchev–Trinajstić information content (AvgIpc) is 3.22. The van der Waals surface area contributed by atoms with Gasteiger partial charge in [-0.25, -0.2) is 4.98 Å². The van der Waals surface area contributed by atoms with E-state index in [0.717, 1.165) is 17.8 Å². The molecule has 1 saturated carbocycles. The quantitative estimate of drug-likeness (QED) is 0.321. The summed E-state index contributed by atoms with van der Waals surface area (Å²) in [7, 11) is 1.75. The molecule has 37 heavy (non-hydrogen) atoms. The van der Waals surface area contributed by atoms with Gasteiger partial charge in [0, 0.05) is 48.5 Å². The molecule has 0 radical (unpaired) electrons. The van der Waals surface area contributed by atoms with E-state index in [-0.39, 0.29) is 29.2 Å². The Kier molecular flexibility index (Phi) is 6.36. The lowest BCUT2D eigenvalue weighted by Gasteiger charge is -2.23. The fourth-order valence-electron chi connectivity index (χ4n) is 4.08. The summed E-state index contributed by atoms with van der Waals surface area (Å²) < 4.78 is 1.83. The molecule has 1 aliphatic carbocycles. The van der Waals surface area contributed by atoms with Gasteiger partial charge >= 0.3 is 0 Å². The van der Waals surface area contributed by atoms with Crippen LogP contribution in [0.3, 0.4) is 0 Å². The standard InChI is InChI=1S/C27H30N6O3S/c1-27(2,3)14-21(34)32(4)17-7-8-18-19(13-17)30-24(23(18)26(36)29-16-5-6-16)31-25(35)20-9-10-22(37-20)33-12-11-28-15-33/h7-13,15-16,30H,5-6,14H2,1-4H3,(H,29,36)(H,31,35). The smallest absolute Gasteiger partial charge is 0.266 e. The molecule has 3 heterocycles. The Hall–Kier alpha value is -3.92. The van der Waals surface area contributed by atoms with E-state index in [1.165, 1.54) is 11.3 Å². The summed E-state index contributed by atoms with van der Waals surface area (Å²) in [5.41, 5.74) is 1.62. The number of aromatic amines is 1. The summed E-state index contributed by atoms with van der Waals surface area (Å²) in [6, 6.07) is 9.24. The third-order valence-electron chi connectivity index (χ3n) is 6.18. The highest BCUT2D eigenvalue weighted by Gasteiger charge is 2.28. The summed E-state index contributed by atoms with van der Waals surface area (Å²) in [4.78, 5) is 48.5. The summed E-state index contributed by atoms with van der Waals surface area (Å²) in [6.45, 7) is 6.08. The first-order chi connectivity index (χ1) is 17.6. The lowest BCUT2D eigenvalue weighted by Crippen LogP contribution is -2.29. The molecule has 0 spiro atoms. The molecule has 192 valence electrons. The minimum absolute atomic E-state index is 0.00465. The number of imidazole rings is 1. The molecule has 10 heteroatoms. The number of aromatic nitrogens is 3. The fourth-order valence-corrected chi connectivity index (χ4v) is 4.93. The second kappa shape index (κ2) is 9.51. The number of nitrogens with zero attached hydrogens (tertiary/aromatic N) is 3. The molecule has 3 N–H and O–H groups in total. The first kappa shape index (κ1) is 24.8. The lowest BCUT2D eigenvalue weighted by molar-refractivity contribution is -0.120. The van der Waals surface area contributed by atoms with E-state index in [2.05, 4.69) is 20.6 Å². The monoisotopic (exact) mass is 518 g/mol. The van der Waals surface area contributed by atoms with Crippen LogP contribution in [0.25, 0.3) is 15.9 Å². The van der Waals surface area contributed by atoms with Gasteiger partial charge in [0.05, 0.1) is 16.8 Å². The predicted molar refractivity (Wildman–Crippen MR) is 146 cm³/mol. The summed E-state index contributed by atoms with van der Waals surface area (Å²) in [5.74, 6) is -0.220. The number of anilines is 2. The van der Waals surface area contributed by atoms with Crippen LogP contribution in [0.5, 0.6) is 0 Å². The molecule has 9 nitrogen and oxygen atoms in total. The van der Waals surface area contributed by atoms with E-state index in [4.69, 9.17) is 0 Å². The van der Waals surface area contributed by atoms with E-state index in [1.54, 1.807) is 30.5 Å². The maximum absolute atomic E-state index is 13.2. The summed E-state index contributed by atoms with van der Waals surface area (Å²) in [6.07, 6.45) is 7.47. The van der Waals surface area contributed by atoms with Crippen molar-refractivity contribution in [2.75, 3.05) is 17.3 Å². The number of carbonyl (C=O) groups excluding carboxylic acids is 3. The van der Waals surface area contributed by atoms with E-state index < -0.39 is 0 Å². The molecular weight excluding hydrogens is 488 g/mol. The van der Waals surface area contributed by atoms with Crippen LogP contribution in [0, 0.1) is 5.41 Å². The Morgan fingerprint density at radius 1 is 1.16 bits per heavy atom. The topological polar surface area (TPSA) is 112 Å². The van der Waals surface area contributed by atoms with Crippen molar-refractivity contribution in [1.82, 2.24) is 19.9 Å². The van der Waals surface area contributed by atoms with E-state index >= 15 is 0 Å². The van der Waals surface area contributed by atoms with E-state index in [9.17, 15) is 14.4 Å². The number of rotatable bonds is 7. The van der Waals surface area contributed by atoms with Crippen molar-refractivity contribution in [1.29, 1.82) is 0 Å². The fraction of sp³-hybridized carbons (Fsp3) is 0.333. The number of thiophene rings is 1. The second-order valence-electron chi connectivity index (χ2n) is 10.6. The van der Waals surface area contributed by atoms with Gasteiger partial charge in [0.2, 0.25) is 5.91 Å². The van der Waals surface area contributed by atoms with Crippen LogP contribution >= 0.6 is 11.3 Å². The number of amides is 3. The van der Waals surface area contributed by atoms with Crippen LogP contribution in [0.1, 0.15) is 60.1 Å². The number of fused-ring (bicyclic) bond motifs is 1. The molecule has 1 aliphatic rings. The highest BCUT2D eigenvalue weighted by atomic mass is 32.1. The minimum atomic E-state index is -0.318. The molecule has 0 aliphatic heterocycles. The van der Waals surface area contributed by atoms with E-state index in [1.807, 2.05) is 55.8 Å². The first-order valence-corrected chi connectivity index (χ1v) is 13.0. The number of H-pyrrole nitrogens is 1. The molecule has 0 atom stereocenters. The van der Waals surface area contributed by atoms with Gasteiger partial charge in [-0.05, 0) is 48.6 Å². The highest BCUT2D eigenvalue weighted by molar-refractivity contribution is 7.16. The summed E-state index contributed by atoms with van der Waals surface area (Å²) >= 11 is 1.33. The maximum Gasteiger partial charge on any atom is 0.266 e.